The van der Waals surface area contributed by atoms with Crippen LogP contribution in [0, 0.1) is 0 Å². The van der Waals surface area contributed by atoms with Crippen LogP contribution in [0.1, 0.15) is 30.6 Å². The normalized spacial score (nSPS) is 13.0. The van der Waals surface area contributed by atoms with Crippen molar-refractivity contribution in [1.29, 1.82) is 0 Å². The SMILES string of the molecule is CCCC(c1cc(O)ccc1O)S(=O)(=O)c1ccccc1. The van der Waals surface area contributed by atoms with Crippen molar-refractivity contribution in [2.45, 2.75) is 29.9 Å². The summed E-state index contributed by atoms with van der Waals surface area (Å²) in [7, 11) is -3.63. The van der Waals surface area contributed by atoms with Gasteiger partial charge in [-0.05, 0) is 36.8 Å². The van der Waals surface area contributed by atoms with E-state index in [1.807, 2.05) is 6.92 Å². The van der Waals surface area contributed by atoms with E-state index in [0.29, 0.717) is 12.8 Å². The number of aromatic hydroxyl groups is 2. The molecule has 1 unspecified atom stereocenters. The van der Waals surface area contributed by atoms with Crippen LogP contribution >= 0.6 is 0 Å². The number of hydrogen-bond acceptors (Lipinski definition) is 4. The highest BCUT2D eigenvalue weighted by molar-refractivity contribution is 7.91. The van der Waals surface area contributed by atoms with Crippen molar-refractivity contribution in [3.63, 3.8) is 0 Å². The molecule has 0 bridgehead atoms. The van der Waals surface area contributed by atoms with E-state index >= 15 is 0 Å². The summed E-state index contributed by atoms with van der Waals surface area (Å²) < 4.78 is 25.6. The molecule has 0 aliphatic rings. The highest BCUT2D eigenvalue weighted by Crippen LogP contribution is 2.38. The summed E-state index contributed by atoms with van der Waals surface area (Å²) >= 11 is 0. The molecule has 2 aromatic rings. The Hall–Kier alpha value is -2.01. The number of sulfone groups is 1. The van der Waals surface area contributed by atoms with Crippen molar-refractivity contribution >= 4 is 9.84 Å². The van der Waals surface area contributed by atoms with Gasteiger partial charge in [-0.3, -0.25) is 0 Å². The zero-order valence-electron chi connectivity index (χ0n) is 11.7. The lowest BCUT2D eigenvalue weighted by molar-refractivity contribution is 0.450. The Morgan fingerprint density at radius 2 is 1.71 bits per heavy atom. The summed E-state index contributed by atoms with van der Waals surface area (Å²) in [5.74, 6) is -0.182. The minimum Gasteiger partial charge on any atom is -0.508 e. The Kier molecular flexibility index (Phi) is 4.53. The quantitative estimate of drug-likeness (QED) is 0.830. The first-order valence-corrected chi connectivity index (χ1v) is 8.32. The molecule has 0 aliphatic heterocycles. The molecule has 112 valence electrons. The van der Waals surface area contributed by atoms with Crippen molar-refractivity contribution in [2.75, 3.05) is 0 Å². The average Bonchev–Trinajstić information content (AvgIpc) is 2.48. The molecule has 0 amide bonds. The van der Waals surface area contributed by atoms with E-state index in [9.17, 15) is 18.6 Å². The van der Waals surface area contributed by atoms with Crippen LogP contribution in [-0.2, 0) is 9.84 Å². The van der Waals surface area contributed by atoms with Crippen LogP contribution in [0.4, 0.5) is 0 Å². The van der Waals surface area contributed by atoms with Gasteiger partial charge >= 0.3 is 0 Å². The Labute approximate surface area is 124 Å². The first kappa shape index (κ1) is 15.4. The van der Waals surface area contributed by atoms with E-state index in [2.05, 4.69) is 0 Å². The molecular formula is C16H18O4S. The molecule has 2 aromatic carbocycles. The lowest BCUT2D eigenvalue weighted by Crippen LogP contribution is -2.14. The van der Waals surface area contributed by atoms with E-state index in [-0.39, 0.29) is 22.0 Å². The maximum atomic E-state index is 12.8. The third-order valence-electron chi connectivity index (χ3n) is 3.36. The van der Waals surface area contributed by atoms with Crippen LogP contribution in [0.2, 0.25) is 0 Å². The Balaban J connectivity index is 2.56. The molecule has 4 nitrogen and oxygen atoms in total. The van der Waals surface area contributed by atoms with Crippen LogP contribution in [0.3, 0.4) is 0 Å². The summed E-state index contributed by atoms with van der Waals surface area (Å²) in [5, 5.41) is 18.7. The standard InChI is InChI=1S/C16H18O4S/c1-2-6-16(14-11-12(17)9-10-15(14)18)21(19,20)13-7-4-3-5-8-13/h3-5,7-11,16-18H,2,6H2,1H3. The molecule has 0 radical (unpaired) electrons. The molecule has 2 rings (SSSR count). The maximum absolute atomic E-state index is 12.8. The maximum Gasteiger partial charge on any atom is 0.185 e. The van der Waals surface area contributed by atoms with E-state index in [4.69, 9.17) is 0 Å². The van der Waals surface area contributed by atoms with E-state index < -0.39 is 15.1 Å². The molecule has 5 heteroatoms. The second-order valence-corrected chi connectivity index (χ2v) is 7.01. The van der Waals surface area contributed by atoms with E-state index in [1.54, 1.807) is 18.2 Å². The summed E-state index contributed by atoms with van der Waals surface area (Å²) in [4.78, 5) is 0.214. The van der Waals surface area contributed by atoms with Gasteiger partial charge in [0.1, 0.15) is 11.5 Å². The van der Waals surface area contributed by atoms with Crippen molar-refractivity contribution in [3.05, 3.63) is 54.1 Å². The highest BCUT2D eigenvalue weighted by Gasteiger charge is 2.30. The Bertz CT molecular complexity index is 708. The number of phenols is 2. The number of phenolic OH excluding ortho intramolecular Hbond substituents is 2. The van der Waals surface area contributed by atoms with Gasteiger partial charge in [-0.2, -0.15) is 0 Å². The fraction of sp³-hybridized carbons (Fsp3) is 0.250. The van der Waals surface area contributed by atoms with Gasteiger partial charge in [-0.15, -0.1) is 0 Å². The molecule has 0 saturated heterocycles. The highest BCUT2D eigenvalue weighted by atomic mass is 32.2. The fourth-order valence-electron chi connectivity index (χ4n) is 2.31. The van der Waals surface area contributed by atoms with Gasteiger partial charge in [0.2, 0.25) is 0 Å². The fourth-order valence-corrected chi connectivity index (χ4v) is 4.25. The number of benzene rings is 2. The minimum absolute atomic E-state index is 0.0628. The van der Waals surface area contributed by atoms with Crippen LogP contribution in [0.25, 0.3) is 0 Å². The lowest BCUT2D eigenvalue weighted by Gasteiger charge is -2.19. The summed E-state index contributed by atoms with van der Waals surface area (Å²) in [6, 6.07) is 12.1. The topological polar surface area (TPSA) is 74.6 Å². The van der Waals surface area contributed by atoms with Gasteiger partial charge in [0.05, 0.1) is 10.1 Å². The third kappa shape index (κ3) is 3.19. The molecule has 0 heterocycles. The minimum atomic E-state index is -3.63. The number of hydrogen-bond donors (Lipinski definition) is 2. The van der Waals surface area contributed by atoms with Crippen molar-refractivity contribution in [2.24, 2.45) is 0 Å². The van der Waals surface area contributed by atoms with Crippen molar-refractivity contribution < 1.29 is 18.6 Å². The van der Waals surface area contributed by atoms with Gasteiger partial charge in [0.15, 0.2) is 9.84 Å². The zero-order chi connectivity index (χ0) is 15.5. The summed E-state index contributed by atoms with van der Waals surface area (Å²) in [6.07, 6.45) is 1.01. The molecule has 0 saturated carbocycles. The number of rotatable bonds is 5. The second kappa shape index (κ2) is 6.18. The summed E-state index contributed by atoms with van der Waals surface area (Å²) in [5.41, 5.74) is 0.237. The van der Waals surface area contributed by atoms with Gasteiger partial charge in [0, 0.05) is 5.56 Å². The van der Waals surface area contributed by atoms with Crippen molar-refractivity contribution in [1.82, 2.24) is 0 Å². The first-order valence-electron chi connectivity index (χ1n) is 6.77. The van der Waals surface area contributed by atoms with Crippen molar-refractivity contribution in [3.8, 4) is 11.5 Å². The van der Waals surface area contributed by atoms with Crippen LogP contribution < -0.4 is 0 Å². The van der Waals surface area contributed by atoms with Gasteiger partial charge in [-0.1, -0.05) is 31.5 Å². The Morgan fingerprint density at radius 3 is 2.33 bits per heavy atom. The molecule has 0 aromatic heterocycles. The molecule has 2 N–H and O–H groups in total. The molecule has 21 heavy (non-hydrogen) atoms. The predicted molar refractivity (Wildman–Crippen MR) is 81.0 cm³/mol. The zero-order valence-corrected chi connectivity index (χ0v) is 12.5. The molecular weight excluding hydrogens is 288 g/mol. The van der Waals surface area contributed by atoms with Gasteiger partial charge in [-0.25, -0.2) is 8.42 Å². The van der Waals surface area contributed by atoms with Crippen LogP contribution in [-0.4, -0.2) is 18.6 Å². The predicted octanol–water partition coefficient (Wildman–Crippen LogP) is 3.41. The second-order valence-electron chi connectivity index (χ2n) is 4.88. The van der Waals surface area contributed by atoms with Crippen LogP contribution in [0.5, 0.6) is 11.5 Å². The molecule has 0 aliphatic carbocycles. The monoisotopic (exact) mass is 306 g/mol. The lowest BCUT2D eigenvalue weighted by atomic mass is 10.1. The Morgan fingerprint density at radius 1 is 1.05 bits per heavy atom. The van der Waals surface area contributed by atoms with Gasteiger partial charge < -0.3 is 10.2 Å². The van der Waals surface area contributed by atoms with E-state index in [0.717, 1.165) is 0 Å². The average molecular weight is 306 g/mol. The van der Waals surface area contributed by atoms with Gasteiger partial charge in [0.25, 0.3) is 0 Å². The first-order chi connectivity index (χ1) is 9.96. The molecule has 1 atom stereocenters. The summed E-state index contributed by atoms with van der Waals surface area (Å²) in [6.45, 7) is 1.88. The third-order valence-corrected chi connectivity index (χ3v) is 5.52. The smallest absolute Gasteiger partial charge is 0.185 e. The largest absolute Gasteiger partial charge is 0.508 e. The molecule has 0 fully saturated rings. The van der Waals surface area contributed by atoms with E-state index in [1.165, 1.54) is 30.3 Å². The molecule has 0 spiro atoms. The van der Waals surface area contributed by atoms with Crippen LogP contribution in [0.15, 0.2) is 53.4 Å².